The molecule has 144 valence electrons. The lowest BCUT2D eigenvalue weighted by Gasteiger charge is -2.17. The zero-order valence-corrected chi connectivity index (χ0v) is 16.8. The highest BCUT2D eigenvalue weighted by Gasteiger charge is 2.13. The van der Waals surface area contributed by atoms with Gasteiger partial charge in [0.15, 0.2) is 0 Å². The van der Waals surface area contributed by atoms with Gasteiger partial charge in [-0.15, -0.1) is 11.8 Å². The molecule has 3 rings (SSSR count). The molecule has 0 bridgehead atoms. The second kappa shape index (κ2) is 10.6. The highest BCUT2D eigenvalue weighted by Crippen LogP contribution is 2.19. The fraction of sp³-hybridized carbons (Fsp3) is 0.208. The summed E-state index contributed by atoms with van der Waals surface area (Å²) in [7, 11) is 0. The molecular weight excluding hydrogens is 366 g/mol. The lowest BCUT2D eigenvalue weighted by molar-refractivity contribution is 0.0935. The summed E-state index contributed by atoms with van der Waals surface area (Å²) in [5, 5.41) is 3.11. The number of rotatable bonds is 9. The molecule has 4 heteroatoms. The van der Waals surface area contributed by atoms with E-state index in [2.05, 4.69) is 24.4 Å². The molecule has 3 nitrogen and oxygen atoms in total. The van der Waals surface area contributed by atoms with Crippen molar-refractivity contribution in [3.8, 4) is 5.75 Å². The quantitative estimate of drug-likeness (QED) is 0.373. The van der Waals surface area contributed by atoms with E-state index in [0.717, 1.165) is 23.5 Å². The normalized spacial score (nSPS) is 11.6. The van der Waals surface area contributed by atoms with Crippen LogP contribution >= 0.6 is 11.8 Å². The van der Waals surface area contributed by atoms with Gasteiger partial charge in [-0.3, -0.25) is 4.79 Å². The van der Waals surface area contributed by atoms with Crippen molar-refractivity contribution in [2.24, 2.45) is 0 Å². The predicted molar refractivity (Wildman–Crippen MR) is 116 cm³/mol. The molecule has 1 atom stereocenters. The first-order chi connectivity index (χ1) is 13.8. The van der Waals surface area contributed by atoms with Crippen LogP contribution in [0.5, 0.6) is 5.75 Å². The van der Waals surface area contributed by atoms with E-state index in [4.69, 9.17) is 4.74 Å². The minimum absolute atomic E-state index is 0.0136. The van der Waals surface area contributed by atoms with Gasteiger partial charge in [0, 0.05) is 16.2 Å². The number of amides is 1. The van der Waals surface area contributed by atoms with E-state index in [9.17, 15) is 4.79 Å². The summed E-state index contributed by atoms with van der Waals surface area (Å²) < 4.78 is 5.78. The molecule has 0 radical (unpaired) electrons. The average molecular weight is 392 g/mol. The van der Waals surface area contributed by atoms with Gasteiger partial charge in [0.2, 0.25) is 0 Å². The lowest BCUT2D eigenvalue weighted by atomic mass is 10.0. The summed E-state index contributed by atoms with van der Waals surface area (Å²) in [6.07, 6.45) is 0.843. The van der Waals surface area contributed by atoms with Crippen molar-refractivity contribution in [2.75, 3.05) is 12.4 Å². The molecular formula is C24H25NO2S. The second-order valence-electron chi connectivity index (χ2n) is 6.38. The van der Waals surface area contributed by atoms with E-state index in [1.807, 2.05) is 72.8 Å². The lowest BCUT2D eigenvalue weighted by Crippen LogP contribution is -2.28. The Bertz CT molecular complexity index is 851. The molecule has 3 aromatic rings. The maximum atomic E-state index is 12.6. The minimum Gasteiger partial charge on any atom is -0.493 e. The second-order valence-corrected chi connectivity index (χ2v) is 7.55. The Morgan fingerprint density at radius 1 is 0.929 bits per heavy atom. The van der Waals surface area contributed by atoms with Gasteiger partial charge in [-0.05, 0) is 48.4 Å². The van der Waals surface area contributed by atoms with Crippen LogP contribution in [0.2, 0.25) is 0 Å². The molecule has 0 saturated heterocycles. The van der Waals surface area contributed by atoms with Crippen molar-refractivity contribution >= 4 is 17.7 Å². The predicted octanol–water partition coefficient (Wildman–Crippen LogP) is 5.74. The molecule has 28 heavy (non-hydrogen) atoms. The van der Waals surface area contributed by atoms with Gasteiger partial charge in [0.1, 0.15) is 5.75 Å². The molecule has 0 aromatic heterocycles. The van der Waals surface area contributed by atoms with Gasteiger partial charge in [-0.1, -0.05) is 55.5 Å². The SMILES string of the molecule is CC[C@H](NC(=O)c1ccc(OCCSc2ccccc2)cc1)c1ccccc1. The van der Waals surface area contributed by atoms with Crippen LogP contribution in [0.1, 0.15) is 35.3 Å². The van der Waals surface area contributed by atoms with E-state index in [0.29, 0.717) is 12.2 Å². The molecule has 3 aromatic carbocycles. The summed E-state index contributed by atoms with van der Waals surface area (Å²) in [4.78, 5) is 13.8. The summed E-state index contributed by atoms with van der Waals surface area (Å²) >= 11 is 1.77. The standard InChI is InChI=1S/C24H25NO2S/c1-2-23(19-9-5-3-6-10-19)25-24(26)20-13-15-21(16-14-20)27-17-18-28-22-11-7-4-8-12-22/h3-16,23H,2,17-18H2,1H3,(H,25,26)/t23-/m0/s1. The molecule has 1 amide bonds. The molecule has 0 saturated carbocycles. The molecule has 0 aliphatic rings. The maximum Gasteiger partial charge on any atom is 0.251 e. The number of ether oxygens (including phenoxy) is 1. The smallest absolute Gasteiger partial charge is 0.251 e. The highest BCUT2D eigenvalue weighted by molar-refractivity contribution is 7.99. The molecule has 0 unspecified atom stereocenters. The van der Waals surface area contributed by atoms with Crippen molar-refractivity contribution in [3.05, 3.63) is 96.1 Å². The van der Waals surface area contributed by atoms with Gasteiger partial charge in [0.05, 0.1) is 12.6 Å². The van der Waals surface area contributed by atoms with Crippen LogP contribution in [0.25, 0.3) is 0 Å². The largest absolute Gasteiger partial charge is 0.493 e. The Balaban J connectivity index is 1.48. The Labute approximate surface area is 171 Å². The van der Waals surface area contributed by atoms with Crippen LogP contribution in [0.15, 0.2) is 89.8 Å². The van der Waals surface area contributed by atoms with Crippen molar-refractivity contribution in [3.63, 3.8) is 0 Å². The van der Waals surface area contributed by atoms with Crippen molar-refractivity contribution in [2.45, 2.75) is 24.3 Å². The molecule has 0 fully saturated rings. The van der Waals surface area contributed by atoms with Crippen molar-refractivity contribution < 1.29 is 9.53 Å². The molecule has 0 aliphatic heterocycles. The first-order valence-corrected chi connectivity index (χ1v) is 10.5. The van der Waals surface area contributed by atoms with Crippen LogP contribution in [0, 0.1) is 0 Å². The zero-order valence-electron chi connectivity index (χ0n) is 16.0. The van der Waals surface area contributed by atoms with Crippen molar-refractivity contribution in [1.29, 1.82) is 0 Å². The summed E-state index contributed by atoms with van der Waals surface area (Å²) in [5.41, 5.74) is 1.76. The maximum absolute atomic E-state index is 12.6. The van der Waals surface area contributed by atoms with Crippen LogP contribution in [0.3, 0.4) is 0 Å². The van der Waals surface area contributed by atoms with E-state index < -0.39 is 0 Å². The van der Waals surface area contributed by atoms with Crippen LogP contribution in [-0.4, -0.2) is 18.3 Å². The Morgan fingerprint density at radius 3 is 2.21 bits per heavy atom. The van der Waals surface area contributed by atoms with E-state index >= 15 is 0 Å². The van der Waals surface area contributed by atoms with Gasteiger partial charge < -0.3 is 10.1 Å². The molecule has 0 heterocycles. The molecule has 1 N–H and O–H groups in total. The first-order valence-electron chi connectivity index (χ1n) is 9.53. The highest BCUT2D eigenvalue weighted by atomic mass is 32.2. The van der Waals surface area contributed by atoms with Crippen LogP contribution in [0.4, 0.5) is 0 Å². The topological polar surface area (TPSA) is 38.3 Å². The summed E-state index contributed by atoms with van der Waals surface area (Å²) in [5.74, 6) is 1.59. The van der Waals surface area contributed by atoms with E-state index in [1.165, 1.54) is 4.90 Å². The molecule has 0 spiro atoms. The number of nitrogens with one attached hydrogen (secondary N) is 1. The van der Waals surface area contributed by atoms with Gasteiger partial charge >= 0.3 is 0 Å². The zero-order chi connectivity index (χ0) is 19.6. The Kier molecular flexibility index (Phi) is 7.56. The number of hydrogen-bond donors (Lipinski definition) is 1. The first kappa shape index (κ1) is 20.0. The Hall–Kier alpha value is -2.72. The summed E-state index contributed by atoms with van der Waals surface area (Å²) in [6.45, 7) is 2.69. The Morgan fingerprint density at radius 2 is 1.57 bits per heavy atom. The molecule has 0 aliphatic carbocycles. The number of thioether (sulfide) groups is 1. The van der Waals surface area contributed by atoms with E-state index in [1.54, 1.807) is 11.8 Å². The van der Waals surface area contributed by atoms with Crippen molar-refractivity contribution in [1.82, 2.24) is 5.32 Å². The van der Waals surface area contributed by atoms with Crippen LogP contribution < -0.4 is 10.1 Å². The number of carbonyl (C=O) groups excluding carboxylic acids is 1. The average Bonchev–Trinajstić information content (AvgIpc) is 2.76. The number of carbonyl (C=O) groups is 1. The number of hydrogen-bond acceptors (Lipinski definition) is 3. The van der Waals surface area contributed by atoms with Crippen LogP contribution in [-0.2, 0) is 0 Å². The third-order valence-corrected chi connectivity index (χ3v) is 5.37. The van der Waals surface area contributed by atoms with Gasteiger partial charge in [-0.2, -0.15) is 0 Å². The van der Waals surface area contributed by atoms with Gasteiger partial charge in [0.25, 0.3) is 5.91 Å². The minimum atomic E-state index is -0.0677. The third kappa shape index (κ3) is 5.89. The monoisotopic (exact) mass is 391 g/mol. The fourth-order valence-corrected chi connectivity index (χ4v) is 3.64. The van der Waals surface area contributed by atoms with Gasteiger partial charge in [-0.25, -0.2) is 0 Å². The van der Waals surface area contributed by atoms with E-state index in [-0.39, 0.29) is 11.9 Å². The fourth-order valence-electron chi connectivity index (χ4n) is 2.89. The number of benzene rings is 3. The third-order valence-electron chi connectivity index (χ3n) is 4.40. The summed E-state index contributed by atoms with van der Waals surface area (Å²) in [6, 6.07) is 27.7.